The molecule has 0 aliphatic heterocycles. The van der Waals surface area contributed by atoms with Crippen molar-refractivity contribution < 1.29 is 9.22 Å². The van der Waals surface area contributed by atoms with Crippen molar-refractivity contribution in [2.75, 3.05) is 6.61 Å². The molecular formula is C20H34O2Si. The molecule has 0 fully saturated rings. The minimum Gasteiger partial charge on any atom is -0.416 e. The number of rotatable bonds is 9. The minimum absolute atomic E-state index is 0.0424. The lowest BCUT2D eigenvalue weighted by Gasteiger charge is -2.35. The van der Waals surface area contributed by atoms with E-state index in [1.54, 1.807) is 0 Å². The number of ketones is 1. The van der Waals surface area contributed by atoms with E-state index in [2.05, 4.69) is 41.5 Å². The standard InChI is InChI=1S/C20H34O2Si/c1-7-23(8-2,9-3)22-16-18(20(4,5)6)19(21)15-17-13-11-10-12-14-17/h10-14,18H,7-9,15-16H2,1-6H3. The largest absolute Gasteiger partial charge is 0.416 e. The first kappa shape index (κ1) is 20.1. The van der Waals surface area contributed by atoms with Crippen LogP contribution in [0.25, 0.3) is 0 Å². The van der Waals surface area contributed by atoms with Crippen LogP contribution >= 0.6 is 0 Å². The smallest absolute Gasteiger partial charge is 0.192 e. The third-order valence-electron chi connectivity index (χ3n) is 5.14. The number of hydrogen-bond donors (Lipinski definition) is 0. The van der Waals surface area contributed by atoms with Gasteiger partial charge in [-0.15, -0.1) is 0 Å². The van der Waals surface area contributed by atoms with Crippen molar-refractivity contribution in [3.05, 3.63) is 35.9 Å². The summed E-state index contributed by atoms with van der Waals surface area (Å²) in [5.41, 5.74) is 1.03. The molecule has 130 valence electrons. The van der Waals surface area contributed by atoms with Gasteiger partial charge in [0.25, 0.3) is 0 Å². The predicted octanol–water partition coefficient (Wildman–Crippen LogP) is 5.48. The molecule has 23 heavy (non-hydrogen) atoms. The first-order valence-corrected chi connectivity index (χ1v) is 11.5. The topological polar surface area (TPSA) is 26.3 Å². The van der Waals surface area contributed by atoms with Crippen LogP contribution in [-0.2, 0) is 15.6 Å². The highest BCUT2D eigenvalue weighted by Gasteiger charge is 2.35. The van der Waals surface area contributed by atoms with Crippen LogP contribution in [0.5, 0.6) is 0 Å². The monoisotopic (exact) mass is 334 g/mol. The Labute approximate surface area is 143 Å². The van der Waals surface area contributed by atoms with Crippen LogP contribution in [0.1, 0.15) is 47.1 Å². The fraction of sp³-hybridized carbons (Fsp3) is 0.650. The highest BCUT2D eigenvalue weighted by molar-refractivity contribution is 6.73. The van der Waals surface area contributed by atoms with E-state index in [4.69, 9.17) is 4.43 Å². The maximum Gasteiger partial charge on any atom is 0.192 e. The molecule has 1 aromatic rings. The number of benzene rings is 1. The maximum absolute atomic E-state index is 12.9. The van der Waals surface area contributed by atoms with Gasteiger partial charge in [0, 0.05) is 18.9 Å². The van der Waals surface area contributed by atoms with Gasteiger partial charge >= 0.3 is 0 Å². The van der Waals surface area contributed by atoms with E-state index < -0.39 is 8.32 Å². The Balaban J connectivity index is 2.83. The SMILES string of the molecule is CC[Si](CC)(CC)OCC(C(=O)Cc1ccccc1)C(C)(C)C. The van der Waals surface area contributed by atoms with E-state index in [0.29, 0.717) is 18.8 Å². The summed E-state index contributed by atoms with van der Waals surface area (Å²) in [7, 11) is -1.65. The Bertz CT molecular complexity index is 464. The van der Waals surface area contributed by atoms with Crippen LogP contribution < -0.4 is 0 Å². The van der Waals surface area contributed by atoms with Crippen LogP contribution in [0.3, 0.4) is 0 Å². The summed E-state index contributed by atoms with van der Waals surface area (Å²) in [4.78, 5) is 12.9. The number of hydrogen-bond acceptors (Lipinski definition) is 2. The van der Waals surface area contributed by atoms with Gasteiger partial charge < -0.3 is 4.43 Å². The molecule has 0 saturated heterocycles. The molecular weight excluding hydrogens is 300 g/mol. The molecule has 0 aliphatic carbocycles. The summed E-state index contributed by atoms with van der Waals surface area (Å²) in [6.07, 6.45) is 0.505. The summed E-state index contributed by atoms with van der Waals surface area (Å²) < 4.78 is 6.44. The third-order valence-corrected chi connectivity index (χ3v) is 9.79. The summed E-state index contributed by atoms with van der Waals surface area (Å²) in [5, 5.41) is 0. The number of carbonyl (C=O) groups is 1. The molecule has 0 radical (unpaired) electrons. The fourth-order valence-corrected chi connectivity index (χ4v) is 5.70. The lowest BCUT2D eigenvalue weighted by molar-refractivity contribution is -0.126. The zero-order valence-corrected chi connectivity index (χ0v) is 16.8. The van der Waals surface area contributed by atoms with E-state index in [9.17, 15) is 4.79 Å². The number of Topliss-reactive ketones (excluding diaryl/α,β-unsaturated/α-hetero) is 1. The van der Waals surface area contributed by atoms with Crippen molar-refractivity contribution in [3.63, 3.8) is 0 Å². The fourth-order valence-electron chi connectivity index (χ4n) is 3.06. The third kappa shape index (κ3) is 5.89. The molecule has 1 unspecified atom stereocenters. The molecule has 0 N–H and O–H groups in total. The lowest BCUT2D eigenvalue weighted by Crippen LogP contribution is -2.42. The number of carbonyl (C=O) groups excluding carboxylic acids is 1. The van der Waals surface area contributed by atoms with Gasteiger partial charge in [-0.3, -0.25) is 4.79 Å². The molecule has 2 nitrogen and oxygen atoms in total. The molecule has 0 saturated carbocycles. The Hall–Kier alpha value is -0.933. The van der Waals surface area contributed by atoms with E-state index >= 15 is 0 Å². The highest BCUT2D eigenvalue weighted by atomic mass is 28.4. The molecule has 1 aromatic carbocycles. The molecule has 3 heteroatoms. The molecule has 0 spiro atoms. The Morgan fingerprint density at radius 2 is 1.57 bits per heavy atom. The van der Waals surface area contributed by atoms with Crippen LogP contribution in [0.2, 0.25) is 18.1 Å². The lowest BCUT2D eigenvalue weighted by atomic mass is 9.77. The first-order valence-electron chi connectivity index (χ1n) is 8.98. The van der Waals surface area contributed by atoms with Gasteiger partial charge in [-0.05, 0) is 29.1 Å². The zero-order valence-electron chi connectivity index (χ0n) is 15.8. The van der Waals surface area contributed by atoms with Crippen LogP contribution in [0.15, 0.2) is 30.3 Å². The maximum atomic E-state index is 12.9. The van der Waals surface area contributed by atoms with E-state index in [0.717, 1.165) is 23.7 Å². The second-order valence-corrected chi connectivity index (χ2v) is 12.4. The summed E-state index contributed by atoms with van der Waals surface area (Å²) >= 11 is 0. The van der Waals surface area contributed by atoms with Crippen LogP contribution in [-0.4, -0.2) is 20.7 Å². The quantitative estimate of drug-likeness (QED) is 0.559. The average molecular weight is 335 g/mol. The molecule has 0 aromatic heterocycles. The minimum atomic E-state index is -1.65. The van der Waals surface area contributed by atoms with Crippen molar-refractivity contribution in [3.8, 4) is 0 Å². The van der Waals surface area contributed by atoms with Crippen molar-refractivity contribution in [2.45, 2.75) is 66.1 Å². The molecule has 1 atom stereocenters. The first-order chi connectivity index (χ1) is 10.8. The van der Waals surface area contributed by atoms with Crippen molar-refractivity contribution in [2.24, 2.45) is 11.3 Å². The van der Waals surface area contributed by atoms with Crippen molar-refractivity contribution >= 4 is 14.1 Å². The Kier molecular flexibility index (Phi) is 7.69. The van der Waals surface area contributed by atoms with Crippen molar-refractivity contribution in [1.82, 2.24) is 0 Å². The average Bonchev–Trinajstić information content (AvgIpc) is 2.52. The van der Waals surface area contributed by atoms with E-state index in [-0.39, 0.29) is 11.3 Å². The second kappa shape index (κ2) is 8.79. The van der Waals surface area contributed by atoms with Gasteiger partial charge in [-0.1, -0.05) is 71.9 Å². The van der Waals surface area contributed by atoms with Gasteiger partial charge in [-0.25, -0.2) is 0 Å². The Morgan fingerprint density at radius 3 is 2.00 bits per heavy atom. The van der Waals surface area contributed by atoms with E-state index in [1.165, 1.54) is 0 Å². The van der Waals surface area contributed by atoms with Gasteiger partial charge in [-0.2, -0.15) is 0 Å². The summed E-state index contributed by atoms with van der Waals surface area (Å²) in [6, 6.07) is 13.4. The zero-order chi connectivity index (χ0) is 17.5. The van der Waals surface area contributed by atoms with Crippen LogP contribution in [0.4, 0.5) is 0 Å². The van der Waals surface area contributed by atoms with Crippen molar-refractivity contribution in [1.29, 1.82) is 0 Å². The molecule has 0 heterocycles. The summed E-state index contributed by atoms with van der Waals surface area (Å²) in [5.74, 6) is 0.258. The molecule has 0 aliphatic rings. The molecule has 1 rings (SSSR count). The van der Waals surface area contributed by atoms with Gasteiger partial charge in [0.15, 0.2) is 8.32 Å². The molecule has 0 bridgehead atoms. The highest BCUT2D eigenvalue weighted by Crippen LogP contribution is 2.31. The Morgan fingerprint density at radius 1 is 1.04 bits per heavy atom. The predicted molar refractivity (Wildman–Crippen MR) is 101 cm³/mol. The molecule has 0 amide bonds. The van der Waals surface area contributed by atoms with Gasteiger partial charge in [0.2, 0.25) is 0 Å². The van der Waals surface area contributed by atoms with E-state index in [1.807, 2.05) is 30.3 Å². The van der Waals surface area contributed by atoms with Gasteiger partial charge in [0.05, 0.1) is 0 Å². The second-order valence-electron chi connectivity index (χ2n) is 7.60. The van der Waals surface area contributed by atoms with Gasteiger partial charge in [0.1, 0.15) is 5.78 Å². The normalized spacial score (nSPS) is 13.8. The van der Waals surface area contributed by atoms with Crippen LogP contribution in [0, 0.1) is 11.3 Å². The summed E-state index contributed by atoms with van der Waals surface area (Å²) in [6.45, 7) is 13.7.